The van der Waals surface area contributed by atoms with Gasteiger partial charge in [0.15, 0.2) is 0 Å². The zero-order valence-electron chi connectivity index (χ0n) is 20.8. The van der Waals surface area contributed by atoms with E-state index in [4.69, 9.17) is 0 Å². The molecule has 1 aliphatic carbocycles. The van der Waals surface area contributed by atoms with Gasteiger partial charge in [0.2, 0.25) is 5.91 Å². The van der Waals surface area contributed by atoms with Crippen molar-refractivity contribution in [3.63, 3.8) is 0 Å². The molecule has 1 aliphatic rings. The molecule has 0 spiro atoms. The van der Waals surface area contributed by atoms with E-state index in [1.165, 1.54) is 12.0 Å². The van der Waals surface area contributed by atoms with Gasteiger partial charge >= 0.3 is 0 Å². The Bertz CT molecular complexity index is 1210. The van der Waals surface area contributed by atoms with Crippen LogP contribution in [-0.4, -0.2) is 41.1 Å². The molecule has 3 N–H and O–H groups in total. The Morgan fingerprint density at radius 3 is 2.56 bits per heavy atom. The fourth-order valence-corrected chi connectivity index (χ4v) is 4.95. The maximum atomic E-state index is 13.2. The summed E-state index contributed by atoms with van der Waals surface area (Å²) in [6.45, 7) is 0. The molecule has 3 atom stereocenters. The Hall–Kier alpha value is -3.51. The summed E-state index contributed by atoms with van der Waals surface area (Å²) in [6, 6.07) is 18.7. The number of nitrogens with one attached hydrogen (secondary N) is 2. The predicted molar refractivity (Wildman–Crippen MR) is 142 cm³/mol. The number of aromatic nitrogens is 1. The molecule has 0 fully saturated rings. The molecule has 1 heterocycles. The van der Waals surface area contributed by atoms with Crippen molar-refractivity contribution in [3.8, 4) is 0 Å². The number of aliphatic hydroxyl groups is 1. The number of amides is 2. The number of rotatable bonds is 10. The van der Waals surface area contributed by atoms with Crippen molar-refractivity contribution in [1.82, 2.24) is 15.6 Å². The molecule has 0 saturated carbocycles. The molecule has 6 nitrogen and oxygen atoms in total. The monoisotopic (exact) mass is 485 g/mol. The molecule has 0 saturated heterocycles. The first-order valence-electron chi connectivity index (χ1n) is 12.8. The maximum absolute atomic E-state index is 13.2. The average Bonchev–Trinajstić information content (AvgIpc) is 2.92. The number of hydrogen-bond donors (Lipinski definition) is 3. The number of fused-ring (bicyclic) bond motifs is 1. The Kier molecular flexibility index (Phi) is 8.85. The highest BCUT2D eigenvalue weighted by molar-refractivity contribution is 5.97. The molecule has 6 heteroatoms. The summed E-state index contributed by atoms with van der Waals surface area (Å²) < 4.78 is 0. The molecule has 0 unspecified atom stereocenters. The van der Waals surface area contributed by atoms with Crippen LogP contribution >= 0.6 is 0 Å². The number of aliphatic hydroxyl groups excluding tert-OH is 1. The third-order valence-corrected chi connectivity index (χ3v) is 6.97. The maximum Gasteiger partial charge on any atom is 0.253 e. The molecule has 188 valence electrons. The van der Waals surface area contributed by atoms with Gasteiger partial charge in [0.05, 0.1) is 23.2 Å². The lowest BCUT2D eigenvalue weighted by atomic mass is 9.85. The van der Waals surface area contributed by atoms with Gasteiger partial charge in [-0.05, 0) is 62.6 Å². The lowest BCUT2D eigenvalue weighted by molar-refractivity contribution is -0.125. The second kappa shape index (κ2) is 12.5. The van der Waals surface area contributed by atoms with Crippen LogP contribution in [0.2, 0.25) is 0 Å². The molecule has 3 aromatic rings. The van der Waals surface area contributed by atoms with E-state index < -0.39 is 12.1 Å². The van der Waals surface area contributed by atoms with Gasteiger partial charge < -0.3 is 15.7 Å². The number of hydrogen-bond acceptors (Lipinski definition) is 4. The van der Waals surface area contributed by atoms with E-state index in [2.05, 4.69) is 21.7 Å². The molecule has 2 amide bonds. The minimum atomic E-state index is -0.894. The molecule has 2 aromatic carbocycles. The van der Waals surface area contributed by atoms with Gasteiger partial charge in [-0.2, -0.15) is 0 Å². The van der Waals surface area contributed by atoms with E-state index in [-0.39, 0.29) is 24.2 Å². The van der Waals surface area contributed by atoms with Crippen molar-refractivity contribution in [1.29, 1.82) is 0 Å². The average molecular weight is 486 g/mol. The molecule has 1 aromatic heterocycles. The highest BCUT2D eigenvalue weighted by Crippen LogP contribution is 2.27. The standard InChI is InChI=1S/C30H35N3O3/c1-31-29(35)24(16-21-10-4-2-5-11-21)19-28(34)27(17-22-12-6-3-7-13-22)33-30(36)25-18-23-14-8-9-15-26(23)32-20-25/h3,6-10,12-15,18,20,24,27-28,34H,2,4-5,11,16-17,19H2,1H3,(H,31,35)(H,33,36)/t24-,27+,28+/m1/s1. The van der Waals surface area contributed by atoms with Crippen LogP contribution in [0.3, 0.4) is 0 Å². The summed E-state index contributed by atoms with van der Waals surface area (Å²) in [4.78, 5) is 30.4. The molecule has 0 bridgehead atoms. The second-order valence-electron chi connectivity index (χ2n) is 9.61. The second-order valence-corrected chi connectivity index (χ2v) is 9.61. The van der Waals surface area contributed by atoms with Gasteiger partial charge in [0.25, 0.3) is 5.91 Å². The Morgan fingerprint density at radius 2 is 1.81 bits per heavy atom. The smallest absolute Gasteiger partial charge is 0.253 e. The zero-order valence-corrected chi connectivity index (χ0v) is 20.8. The SMILES string of the molecule is CNC(=O)[C@H](CC1=CCCCC1)C[C@H](O)[C@H](Cc1ccccc1)NC(=O)c1cnc2ccccc2c1. The van der Waals surface area contributed by atoms with Crippen molar-refractivity contribution in [2.24, 2.45) is 5.92 Å². The summed E-state index contributed by atoms with van der Waals surface area (Å²) in [7, 11) is 1.63. The van der Waals surface area contributed by atoms with Crippen LogP contribution in [0.4, 0.5) is 0 Å². The number of pyridine rings is 1. The zero-order chi connectivity index (χ0) is 25.3. The van der Waals surface area contributed by atoms with Crippen LogP contribution < -0.4 is 10.6 Å². The lowest BCUT2D eigenvalue weighted by Gasteiger charge is -2.28. The quantitative estimate of drug-likeness (QED) is 0.367. The predicted octanol–water partition coefficient (Wildman–Crippen LogP) is 4.58. The molecule has 0 radical (unpaired) electrons. The summed E-state index contributed by atoms with van der Waals surface area (Å²) in [5.41, 5.74) is 3.55. The summed E-state index contributed by atoms with van der Waals surface area (Å²) in [5, 5.41) is 18.0. The van der Waals surface area contributed by atoms with Crippen LogP contribution in [0.15, 0.2) is 78.5 Å². The first-order chi connectivity index (χ1) is 17.5. The topological polar surface area (TPSA) is 91.3 Å². The third kappa shape index (κ3) is 6.79. The number of allylic oxidation sites excluding steroid dienone is 2. The van der Waals surface area contributed by atoms with E-state index in [1.807, 2.05) is 60.7 Å². The number of carbonyl (C=O) groups excluding carboxylic acids is 2. The van der Waals surface area contributed by atoms with Crippen molar-refractivity contribution >= 4 is 22.7 Å². The van der Waals surface area contributed by atoms with Crippen LogP contribution in [0.25, 0.3) is 10.9 Å². The van der Waals surface area contributed by atoms with Gasteiger partial charge in [-0.1, -0.05) is 60.2 Å². The van der Waals surface area contributed by atoms with Crippen LogP contribution in [-0.2, 0) is 11.2 Å². The third-order valence-electron chi connectivity index (χ3n) is 6.97. The highest BCUT2D eigenvalue weighted by atomic mass is 16.3. The Labute approximate surface area is 212 Å². The number of para-hydroxylation sites is 1. The molecular formula is C30H35N3O3. The van der Waals surface area contributed by atoms with Gasteiger partial charge in [0.1, 0.15) is 0 Å². The van der Waals surface area contributed by atoms with Crippen LogP contribution in [0.1, 0.15) is 54.4 Å². The van der Waals surface area contributed by atoms with Crippen molar-refractivity contribution in [3.05, 3.63) is 89.6 Å². The normalized spacial score (nSPS) is 16.0. The van der Waals surface area contributed by atoms with E-state index in [1.54, 1.807) is 13.2 Å². The first-order valence-corrected chi connectivity index (χ1v) is 12.8. The van der Waals surface area contributed by atoms with Crippen molar-refractivity contribution in [2.45, 2.75) is 57.1 Å². The number of benzene rings is 2. The van der Waals surface area contributed by atoms with Crippen LogP contribution in [0.5, 0.6) is 0 Å². The fourth-order valence-electron chi connectivity index (χ4n) is 4.95. The Balaban J connectivity index is 1.53. The molecular weight excluding hydrogens is 450 g/mol. The summed E-state index contributed by atoms with van der Waals surface area (Å²) in [5.74, 6) is -0.726. The largest absolute Gasteiger partial charge is 0.391 e. The molecule has 0 aliphatic heterocycles. The minimum Gasteiger partial charge on any atom is -0.391 e. The lowest BCUT2D eigenvalue weighted by Crippen LogP contribution is -2.46. The summed E-state index contributed by atoms with van der Waals surface area (Å²) in [6.07, 6.45) is 8.64. The number of carbonyl (C=O) groups is 2. The Morgan fingerprint density at radius 1 is 1.03 bits per heavy atom. The fraction of sp³-hybridized carbons (Fsp3) is 0.367. The van der Waals surface area contributed by atoms with E-state index in [0.29, 0.717) is 18.4 Å². The van der Waals surface area contributed by atoms with Crippen molar-refractivity contribution in [2.75, 3.05) is 7.05 Å². The van der Waals surface area contributed by atoms with E-state index in [9.17, 15) is 14.7 Å². The van der Waals surface area contributed by atoms with Gasteiger partial charge in [0, 0.05) is 24.5 Å². The van der Waals surface area contributed by atoms with Gasteiger partial charge in [-0.25, -0.2) is 0 Å². The van der Waals surface area contributed by atoms with Gasteiger partial charge in [-0.3, -0.25) is 14.6 Å². The highest BCUT2D eigenvalue weighted by Gasteiger charge is 2.29. The first kappa shape index (κ1) is 25.6. The van der Waals surface area contributed by atoms with E-state index >= 15 is 0 Å². The molecule has 36 heavy (non-hydrogen) atoms. The van der Waals surface area contributed by atoms with Gasteiger partial charge in [-0.15, -0.1) is 0 Å². The minimum absolute atomic E-state index is 0.0796. The van der Waals surface area contributed by atoms with E-state index in [0.717, 1.165) is 35.7 Å². The van der Waals surface area contributed by atoms with Crippen molar-refractivity contribution < 1.29 is 14.7 Å². The van der Waals surface area contributed by atoms with Crippen LogP contribution in [0, 0.1) is 5.92 Å². The number of nitrogens with zero attached hydrogens (tertiary/aromatic N) is 1. The summed E-state index contributed by atoms with van der Waals surface area (Å²) >= 11 is 0. The molecule has 4 rings (SSSR count).